The van der Waals surface area contributed by atoms with Gasteiger partial charge < -0.3 is 24.8 Å². The van der Waals surface area contributed by atoms with E-state index in [0.29, 0.717) is 17.0 Å². The van der Waals surface area contributed by atoms with Gasteiger partial charge in [-0.05, 0) is 61.7 Å². The third-order valence-corrected chi connectivity index (χ3v) is 6.51. The Kier molecular flexibility index (Phi) is 12.9. The number of aliphatic carboxylic acids is 1. The Balaban J connectivity index is 1.99. The summed E-state index contributed by atoms with van der Waals surface area (Å²) in [7, 11) is 0. The first-order valence-corrected chi connectivity index (χ1v) is 13.6. The number of hydrogen-bond donors (Lipinski definition) is 2. The van der Waals surface area contributed by atoms with Crippen molar-refractivity contribution >= 4 is 33.6 Å². The molecule has 0 spiro atoms. The molecule has 0 aliphatic carbocycles. The van der Waals surface area contributed by atoms with Crippen molar-refractivity contribution in [2.45, 2.75) is 56.7 Å². The predicted octanol–water partition coefficient (Wildman–Crippen LogP) is 7.40. The number of urea groups is 1. The van der Waals surface area contributed by atoms with Crippen molar-refractivity contribution in [3.05, 3.63) is 58.6 Å². The number of carboxylic acids is 1. The molecule has 234 valence electrons. The first-order chi connectivity index (χ1) is 19.6. The Morgan fingerprint density at radius 1 is 0.952 bits per heavy atom. The van der Waals surface area contributed by atoms with Gasteiger partial charge >= 0.3 is 30.0 Å². The van der Waals surface area contributed by atoms with Gasteiger partial charge in [0.25, 0.3) is 0 Å². The first-order valence-electron chi connectivity index (χ1n) is 12.8. The SMILES string of the molecule is CCOC(Cc1ccc(OCCN(CCCCC(F)(F)C(F)(F)C(F)(F)F)C(=O)Nc2ccc(Br)cc2)cc1)C(=O)O. The van der Waals surface area contributed by atoms with E-state index >= 15 is 0 Å². The van der Waals surface area contributed by atoms with Crippen LogP contribution in [0.15, 0.2) is 53.0 Å². The van der Waals surface area contributed by atoms with Gasteiger partial charge in [-0.3, -0.25) is 0 Å². The van der Waals surface area contributed by atoms with Crippen molar-refractivity contribution in [3.63, 3.8) is 0 Å². The second-order valence-corrected chi connectivity index (χ2v) is 10.1. The Labute approximate surface area is 246 Å². The maximum absolute atomic E-state index is 13.6. The van der Waals surface area contributed by atoms with E-state index in [2.05, 4.69) is 21.2 Å². The Morgan fingerprint density at radius 3 is 2.12 bits per heavy atom. The largest absolute Gasteiger partial charge is 0.492 e. The van der Waals surface area contributed by atoms with E-state index in [1.54, 1.807) is 55.5 Å². The number of unbranched alkanes of at least 4 members (excludes halogenated alkanes) is 1. The summed E-state index contributed by atoms with van der Waals surface area (Å²) in [5.74, 6) is -12.2. The van der Waals surface area contributed by atoms with Gasteiger partial charge in [0, 0.05) is 36.2 Å². The molecule has 2 rings (SSSR count). The molecule has 15 heteroatoms. The van der Waals surface area contributed by atoms with Gasteiger partial charge in [0.05, 0.1) is 6.54 Å². The molecule has 0 aliphatic rings. The van der Waals surface area contributed by atoms with Crippen LogP contribution in [0.1, 0.15) is 31.7 Å². The van der Waals surface area contributed by atoms with Crippen molar-refractivity contribution in [3.8, 4) is 5.75 Å². The summed E-state index contributed by atoms with van der Waals surface area (Å²) in [6.07, 6.45) is -10.0. The van der Waals surface area contributed by atoms with E-state index in [1.807, 2.05) is 0 Å². The van der Waals surface area contributed by atoms with Gasteiger partial charge in [0.1, 0.15) is 12.4 Å². The molecule has 42 heavy (non-hydrogen) atoms. The lowest BCUT2D eigenvalue weighted by Crippen LogP contribution is -2.51. The highest BCUT2D eigenvalue weighted by molar-refractivity contribution is 9.10. The summed E-state index contributed by atoms with van der Waals surface area (Å²) in [5.41, 5.74) is 1.07. The molecule has 7 nitrogen and oxygen atoms in total. The maximum Gasteiger partial charge on any atom is 0.459 e. The van der Waals surface area contributed by atoms with Gasteiger partial charge in [-0.1, -0.05) is 28.1 Å². The van der Waals surface area contributed by atoms with Gasteiger partial charge in [-0.15, -0.1) is 0 Å². The third kappa shape index (κ3) is 10.3. The van der Waals surface area contributed by atoms with Gasteiger partial charge in [-0.2, -0.15) is 30.7 Å². The van der Waals surface area contributed by atoms with Crippen molar-refractivity contribution in [1.29, 1.82) is 0 Å². The summed E-state index contributed by atoms with van der Waals surface area (Å²) < 4.78 is 102. The van der Waals surface area contributed by atoms with Gasteiger partial charge in [-0.25, -0.2) is 9.59 Å². The Morgan fingerprint density at radius 2 is 1.57 bits per heavy atom. The van der Waals surface area contributed by atoms with Crippen LogP contribution in [0.2, 0.25) is 0 Å². The maximum atomic E-state index is 13.6. The molecule has 0 aromatic heterocycles. The average molecular weight is 675 g/mol. The number of alkyl halides is 7. The number of anilines is 1. The lowest BCUT2D eigenvalue weighted by molar-refractivity contribution is -0.355. The molecule has 2 N–H and O–H groups in total. The monoisotopic (exact) mass is 674 g/mol. The lowest BCUT2D eigenvalue weighted by Gasteiger charge is -2.28. The van der Waals surface area contributed by atoms with Crippen LogP contribution < -0.4 is 10.1 Å². The molecular formula is C27H30BrF7N2O5. The van der Waals surface area contributed by atoms with Crippen LogP contribution in [0, 0.1) is 0 Å². The number of ether oxygens (including phenoxy) is 2. The van der Waals surface area contributed by atoms with E-state index in [-0.39, 0.29) is 39.1 Å². The lowest BCUT2D eigenvalue weighted by atomic mass is 10.0. The predicted molar refractivity (Wildman–Crippen MR) is 143 cm³/mol. The van der Waals surface area contributed by atoms with Crippen LogP contribution in [-0.2, 0) is 16.0 Å². The van der Waals surface area contributed by atoms with Crippen molar-refractivity contribution < 1.29 is 54.9 Å². The standard InChI is InChI=1S/C27H30BrF7N2O5/c1-2-41-22(23(38)39)17-18-5-11-21(12-6-18)42-16-15-37(24(40)36-20-9-7-19(28)8-10-20)14-4-3-13-25(29,30)26(31,32)27(33,34)35/h5-12,22H,2-4,13-17H2,1H3,(H,36,40)(H,38,39). The van der Waals surface area contributed by atoms with Crippen LogP contribution in [0.3, 0.4) is 0 Å². The summed E-state index contributed by atoms with van der Waals surface area (Å²) >= 11 is 3.25. The molecule has 0 bridgehead atoms. The van der Waals surface area contributed by atoms with Crippen LogP contribution in [-0.4, -0.2) is 72.4 Å². The minimum atomic E-state index is -6.40. The molecule has 2 aromatic rings. The summed E-state index contributed by atoms with van der Waals surface area (Å²) in [6, 6.07) is 12.2. The summed E-state index contributed by atoms with van der Waals surface area (Å²) in [4.78, 5) is 25.3. The van der Waals surface area contributed by atoms with Crippen molar-refractivity contribution in [1.82, 2.24) is 4.90 Å². The number of rotatable bonds is 16. The van der Waals surface area contributed by atoms with Crippen molar-refractivity contribution in [2.75, 3.05) is 31.6 Å². The minimum absolute atomic E-state index is 0.0773. The zero-order valence-electron chi connectivity index (χ0n) is 22.4. The molecule has 0 aliphatic heterocycles. The molecule has 2 aromatic carbocycles. The number of nitrogens with one attached hydrogen (secondary N) is 1. The number of benzene rings is 2. The van der Waals surface area contributed by atoms with E-state index < -0.39 is 49.0 Å². The Hall–Kier alpha value is -3.07. The number of hydrogen-bond acceptors (Lipinski definition) is 4. The number of amides is 2. The normalized spacial score (nSPS) is 13.0. The topological polar surface area (TPSA) is 88.1 Å². The second kappa shape index (κ2) is 15.4. The van der Waals surface area contributed by atoms with E-state index in [9.17, 15) is 45.4 Å². The van der Waals surface area contributed by atoms with Crippen LogP contribution >= 0.6 is 15.9 Å². The number of carboxylic acid groups (broad SMARTS) is 1. The number of carbonyl (C=O) groups is 2. The summed E-state index contributed by atoms with van der Waals surface area (Å²) in [5, 5.41) is 11.8. The fourth-order valence-electron chi connectivity index (χ4n) is 3.69. The van der Waals surface area contributed by atoms with Gasteiger partial charge in [0.15, 0.2) is 6.10 Å². The molecule has 0 saturated heterocycles. The van der Waals surface area contributed by atoms with Crippen LogP contribution in [0.5, 0.6) is 5.75 Å². The van der Waals surface area contributed by atoms with E-state index in [4.69, 9.17) is 9.47 Å². The first kappa shape index (κ1) is 35.1. The van der Waals surface area contributed by atoms with Crippen molar-refractivity contribution in [2.24, 2.45) is 0 Å². The average Bonchev–Trinajstić information content (AvgIpc) is 2.91. The molecule has 0 fully saturated rings. The molecule has 2 amide bonds. The molecular weight excluding hydrogens is 645 g/mol. The fraction of sp³-hybridized carbons (Fsp3) is 0.481. The highest BCUT2D eigenvalue weighted by atomic mass is 79.9. The number of halogens is 8. The minimum Gasteiger partial charge on any atom is -0.492 e. The third-order valence-electron chi connectivity index (χ3n) is 5.98. The highest BCUT2D eigenvalue weighted by Crippen LogP contribution is 2.48. The quantitative estimate of drug-likeness (QED) is 0.143. The Bertz CT molecular complexity index is 1150. The molecule has 0 saturated carbocycles. The number of carbonyl (C=O) groups excluding carboxylic acids is 1. The van der Waals surface area contributed by atoms with E-state index in [1.165, 1.54) is 0 Å². The van der Waals surface area contributed by atoms with Gasteiger partial charge in [0.2, 0.25) is 0 Å². The molecule has 0 radical (unpaired) electrons. The fourth-order valence-corrected chi connectivity index (χ4v) is 3.96. The van der Waals surface area contributed by atoms with E-state index in [0.717, 1.165) is 9.37 Å². The molecule has 0 heterocycles. The van der Waals surface area contributed by atoms with Crippen LogP contribution in [0.4, 0.5) is 41.2 Å². The second-order valence-electron chi connectivity index (χ2n) is 9.14. The highest BCUT2D eigenvalue weighted by Gasteiger charge is 2.72. The number of nitrogens with zero attached hydrogens (tertiary/aromatic N) is 1. The zero-order chi connectivity index (χ0) is 31.6. The molecule has 1 atom stereocenters. The smallest absolute Gasteiger partial charge is 0.459 e. The zero-order valence-corrected chi connectivity index (χ0v) is 24.0. The molecule has 1 unspecified atom stereocenters. The summed E-state index contributed by atoms with van der Waals surface area (Å²) in [6.45, 7) is 1.52. The van der Waals surface area contributed by atoms with Crippen LogP contribution in [0.25, 0.3) is 0 Å².